The van der Waals surface area contributed by atoms with Gasteiger partial charge < -0.3 is 10.4 Å². The van der Waals surface area contributed by atoms with Crippen molar-refractivity contribution >= 4 is 33.3 Å². The first kappa shape index (κ1) is 16.4. The molecule has 0 atom stereocenters. The quantitative estimate of drug-likeness (QED) is 0.605. The van der Waals surface area contributed by atoms with E-state index in [1.807, 2.05) is 0 Å². The van der Waals surface area contributed by atoms with Crippen molar-refractivity contribution in [3.63, 3.8) is 0 Å². The highest BCUT2D eigenvalue weighted by Crippen LogP contribution is 2.33. The number of hydrogen-bond acceptors (Lipinski definition) is 4. The second kappa shape index (κ2) is 6.17. The molecule has 8 heteroatoms. The molecule has 1 aromatic carbocycles. The summed E-state index contributed by atoms with van der Waals surface area (Å²) in [4.78, 5) is 20.9. The first-order valence-corrected chi connectivity index (χ1v) is 6.55. The highest BCUT2D eigenvalue weighted by molar-refractivity contribution is 9.10. The third-order valence-electron chi connectivity index (χ3n) is 2.67. The maximum Gasteiger partial charge on any atom is 0.303 e. The fourth-order valence-corrected chi connectivity index (χ4v) is 1.97. The fraction of sp³-hybridized carbons (Fsp3) is 0.417. The van der Waals surface area contributed by atoms with Crippen LogP contribution in [0.4, 0.5) is 15.8 Å². The predicted molar refractivity (Wildman–Crippen MR) is 75.3 cm³/mol. The average Bonchev–Trinajstić information content (AvgIpc) is 2.30. The van der Waals surface area contributed by atoms with E-state index in [0.29, 0.717) is 0 Å². The van der Waals surface area contributed by atoms with Crippen molar-refractivity contribution < 1.29 is 19.2 Å². The molecule has 0 aliphatic rings. The van der Waals surface area contributed by atoms with Crippen LogP contribution in [0, 0.1) is 15.9 Å². The van der Waals surface area contributed by atoms with Crippen molar-refractivity contribution in [2.45, 2.75) is 32.2 Å². The Morgan fingerprint density at radius 3 is 2.65 bits per heavy atom. The van der Waals surface area contributed by atoms with E-state index in [9.17, 15) is 19.3 Å². The lowest BCUT2D eigenvalue weighted by Crippen LogP contribution is -2.32. The summed E-state index contributed by atoms with van der Waals surface area (Å²) in [6, 6.07) is 2.09. The van der Waals surface area contributed by atoms with Gasteiger partial charge in [-0.2, -0.15) is 0 Å². The van der Waals surface area contributed by atoms with E-state index in [-0.39, 0.29) is 28.7 Å². The van der Waals surface area contributed by atoms with Gasteiger partial charge >= 0.3 is 5.97 Å². The summed E-state index contributed by atoms with van der Waals surface area (Å²) in [5, 5.41) is 22.5. The molecule has 0 radical (unpaired) electrons. The molecular weight excluding hydrogens is 335 g/mol. The van der Waals surface area contributed by atoms with Crippen molar-refractivity contribution in [3.05, 3.63) is 32.5 Å². The molecule has 0 aliphatic carbocycles. The van der Waals surface area contributed by atoms with Gasteiger partial charge in [0, 0.05) is 24.1 Å². The van der Waals surface area contributed by atoms with Crippen molar-refractivity contribution in [1.82, 2.24) is 0 Å². The van der Waals surface area contributed by atoms with Crippen LogP contribution < -0.4 is 5.32 Å². The summed E-state index contributed by atoms with van der Waals surface area (Å²) in [7, 11) is 0. The number of anilines is 1. The Bertz CT molecular complexity index is 549. The molecule has 1 rings (SSSR count). The first-order chi connectivity index (χ1) is 9.12. The summed E-state index contributed by atoms with van der Waals surface area (Å²) in [6.45, 7) is 3.39. The molecule has 2 N–H and O–H groups in total. The zero-order valence-corrected chi connectivity index (χ0v) is 12.5. The summed E-state index contributed by atoms with van der Waals surface area (Å²) in [6.07, 6.45) is 0.157. The van der Waals surface area contributed by atoms with Crippen molar-refractivity contribution in [2.24, 2.45) is 0 Å². The van der Waals surface area contributed by atoms with Crippen molar-refractivity contribution in [3.8, 4) is 0 Å². The second-order valence-electron chi connectivity index (χ2n) is 4.94. The zero-order chi connectivity index (χ0) is 15.5. The Hall–Kier alpha value is -1.70. The van der Waals surface area contributed by atoms with Crippen LogP contribution in [0.3, 0.4) is 0 Å². The van der Waals surface area contributed by atoms with Crippen LogP contribution in [0.2, 0.25) is 0 Å². The van der Waals surface area contributed by atoms with E-state index in [0.717, 1.165) is 12.1 Å². The Labute approximate surface area is 123 Å². The van der Waals surface area contributed by atoms with Gasteiger partial charge in [-0.25, -0.2) is 4.39 Å². The minimum Gasteiger partial charge on any atom is -0.481 e. The third kappa shape index (κ3) is 4.44. The van der Waals surface area contributed by atoms with Gasteiger partial charge in [0.2, 0.25) is 0 Å². The molecular formula is C12H14BrFN2O4. The van der Waals surface area contributed by atoms with E-state index in [1.54, 1.807) is 13.8 Å². The molecule has 110 valence electrons. The second-order valence-corrected chi connectivity index (χ2v) is 5.80. The standard InChI is InChI=1S/C12H14BrFN2O4/c1-12(2,4-3-11(17)18)15-9-6-8(14)7(13)5-10(9)16(19)20/h5-6,15H,3-4H2,1-2H3,(H,17,18). The van der Waals surface area contributed by atoms with Crippen LogP contribution >= 0.6 is 15.9 Å². The summed E-state index contributed by atoms with van der Waals surface area (Å²) >= 11 is 2.89. The van der Waals surface area contributed by atoms with Crippen LogP contribution in [0.25, 0.3) is 0 Å². The van der Waals surface area contributed by atoms with Gasteiger partial charge in [-0.15, -0.1) is 0 Å². The molecule has 0 bridgehead atoms. The summed E-state index contributed by atoms with van der Waals surface area (Å²) in [5.74, 6) is -1.59. The van der Waals surface area contributed by atoms with Gasteiger partial charge in [0.1, 0.15) is 11.5 Å². The number of carboxylic acids is 1. The van der Waals surface area contributed by atoms with Gasteiger partial charge in [0.05, 0.1) is 9.40 Å². The number of nitrogens with zero attached hydrogens (tertiary/aromatic N) is 1. The largest absolute Gasteiger partial charge is 0.481 e. The van der Waals surface area contributed by atoms with Gasteiger partial charge in [0.25, 0.3) is 5.69 Å². The Morgan fingerprint density at radius 1 is 1.55 bits per heavy atom. The molecule has 0 heterocycles. The number of nitrogens with one attached hydrogen (secondary N) is 1. The molecule has 0 amide bonds. The molecule has 1 aromatic rings. The molecule has 20 heavy (non-hydrogen) atoms. The normalized spacial score (nSPS) is 11.2. The predicted octanol–water partition coefficient (Wildman–Crippen LogP) is 3.55. The van der Waals surface area contributed by atoms with Gasteiger partial charge in [-0.05, 0) is 36.2 Å². The van der Waals surface area contributed by atoms with E-state index < -0.39 is 22.2 Å². The van der Waals surface area contributed by atoms with E-state index in [2.05, 4.69) is 21.2 Å². The number of halogens is 2. The number of carbonyl (C=O) groups is 1. The van der Waals surface area contributed by atoms with Crippen LogP contribution in [-0.4, -0.2) is 21.5 Å². The Morgan fingerprint density at radius 2 is 2.15 bits per heavy atom. The van der Waals surface area contributed by atoms with Crippen LogP contribution in [0.1, 0.15) is 26.7 Å². The van der Waals surface area contributed by atoms with Crippen LogP contribution in [0.5, 0.6) is 0 Å². The van der Waals surface area contributed by atoms with Gasteiger partial charge in [-0.1, -0.05) is 0 Å². The molecule has 0 unspecified atom stereocenters. The van der Waals surface area contributed by atoms with Crippen LogP contribution in [-0.2, 0) is 4.79 Å². The van der Waals surface area contributed by atoms with Gasteiger partial charge in [-0.3, -0.25) is 14.9 Å². The summed E-state index contributed by atoms with van der Waals surface area (Å²) in [5.41, 5.74) is -0.976. The van der Waals surface area contributed by atoms with Crippen molar-refractivity contribution in [2.75, 3.05) is 5.32 Å². The smallest absolute Gasteiger partial charge is 0.303 e. The van der Waals surface area contributed by atoms with E-state index in [1.165, 1.54) is 0 Å². The lowest BCUT2D eigenvalue weighted by Gasteiger charge is -2.26. The molecule has 0 saturated heterocycles. The van der Waals surface area contributed by atoms with Crippen molar-refractivity contribution in [1.29, 1.82) is 0 Å². The number of hydrogen-bond donors (Lipinski definition) is 2. The Balaban J connectivity index is 3.04. The maximum atomic E-state index is 13.5. The number of benzene rings is 1. The molecule has 0 aromatic heterocycles. The lowest BCUT2D eigenvalue weighted by atomic mass is 9.97. The first-order valence-electron chi connectivity index (χ1n) is 5.76. The number of aliphatic carboxylic acids is 1. The molecule has 0 aliphatic heterocycles. The SMILES string of the molecule is CC(C)(CCC(=O)O)Nc1cc(F)c(Br)cc1[N+](=O)[O-]. The highest BCUT2D eigenvalue weighted by atomic mass is 79.9. The Kier molecular flexibility index (Phi) is 5.04. The average molecular weight is 349 g/mol. The fourth-order valence-electron chi connectivity index (χ4n) is 1.63. The van der Waals surface area contributed by atoms with E-state index >= 15 is 0 Å². The number of nitro benzene ring substituents is 1. The monoisotopic (exact) mass is 348 g/mol. The number of nitro groups is 1. The molecule has 0 saturated carbocycles. The topological polar surface area (TPSA) is 92.5 Å². The molecule has 6 nitrogen and oxygen atoms in total. The molecule has 0 fully saturated rings. The highest BCUT2D eigenvalue weighted by Gasteiger charge is 2.25. The number of rotatable bonds is 6. The zero-order valence-electron chi connectivity index (χ0n) is 10.9. The lowest BCUT2D eigenvalue weighted by molar-refractivity contribution is -0.384. The number of carboxylic acid groups (broad SMARTS) is 1. The molecule has 0 spiro atoms. The maximum absolute atomic E-state index is 13.5. The summed E-state index contributed by atoms with van der Waals surface area (Å²) < 4.78 is 13.5. The van der Waals surface area contributed by atoms with Gasteiger partial charge in [0.15, 0.2) is 0 Å². The van der Waals surface area contributed by atoms with Crippen LogP contribution in [0.15, 0.2) is 16.6 Å². The minimum absolute atomic E-state index is 0.00177. The third-order valence-corrected chi connectivity index (χ3v) is 3.28. The van der Waals surface area contributed by atoms with E-state index in [4.69, 9.17) is 5.11 Å². The minimum atomic E-state index is -0.962.